The molecule has 34 heavy (non-hydrogen) atoms. The number of nitrogens with one attached hydrogen (secondary N) is 1. The van der Waals surface area contributed by atoms with Crippen molar-refractivity contribution in [1.29, 1.82) is 0 Å². The highest BCUT2D eigenvalue weighted by molar-refractivity contribution is 6.38. The number of carbonyl (C=O) groups excluding carboxylic acids is 3. The van der Waals surface area contributed by atoms with Gasteiger partial charge in [0.2, 0.25) is 5.78 Å². The smallest absolute Gasteiger partial charge is 0.333 e. The predicted molar refractivity (Wildman–Crippen MR) is 120 cm³/mol. The minimum atomic E-state index is -3.01. The molecule has 0 saturated heterocycles. The average molecular weight is 463 g/mol. The van der Waals surface area contributed by atoms with E-state index in [0.29, 0.717) is 10.2 Å². The molecule has 4 aromatic rings. The van der Waals surface area contributed by atoms with Crippen LogP contribution in [0.15, 0.2) is 73.1 Å². The summed E-state index contributed by atoms with van der Waals surface area (Å²) in [6.07, 6.45) is 2.41. The third-order valence-corrected chi connectivity index (χ3v) is 5.20. The van der Waals surface area contributed by atoms with Crippen molar-refractivity contribution in [2.45, 2.75) is 19.0 Å². The van der Waals surface area contributed by atoms with Crippen molar-refractivity contribution in [3.63, 3.8) is 0 Å². The number of primary amides is 1. The number of ketones is 1. The zero-order valence-electron chi connectivity index (χ0n) is 17.7. The Labute approximate surface area is 192 Å². The molecule has 172 valence electrons. The molecular formula is C24H19F2N5O3. The van der Waals surface area contributed by atoms with E-state index in [1.54, 1.807) is 48.7 Å². The van der Waals surface area contributed by atoms with Crippen LogP contribution in [0, 0.1) is 0 Å². The zero-order valence-corrected chi connectivity index (χ0v) is 17.7. The number of pyridine rings is 1. The number of hydrogen-bond acceptors (Lipinski definition) is 5. The van der Waals surface area contributed by atoms with Gasteiger partial charge in [-0.25, -0.2) is 4.68 Å². The van der Waals surface area contributed by atoms with Crippen LogP contribution in [0.25, 0.3) is 22.2 Å². The number of aromatic nitrogens is 3. The van der Waals surface area contributed by atoms with E-state index in [1.165, 1.54) is 0 Å². The molecule has 2 aromatic carbocycles. The second kappa shape index (κ2) is 9.57. The highest BCUT2D eigenvalue weighted by Gasteiger charge is 2.29. The van der Waals surface area contributed by atoms with Gasteiger partial charge in [-0.2, -0.15) is 13.9 Å². The van der Waals surface area contributed by atoms with E-state index in [2.05, 4.69) is 15.4 Å². The summed E-state index contributed by atoms with van der Waals surface area (Å²) in [5.41, 5.74) is 5.71. The van der Waals surface area contributed by atoms with E-state index < -0.39 is 30.2 Å². The molecule has 2 amide bonds. The Kier molecular flexibility index (Phi) is 6.39. The van der Waals surface area contributed by atoms with Gasteiger partial charge in [-0.05, 0) is 17.0 Å². The van der Waals surface area contributed by atoms with Gasteiger partial charge in [-0.3, -0.25) is 19.4 Å². The first-order valence-electron chi connectivity index (χ1n) is 10.2. The van der Waals surface area contributed by atoms with Crippen molar-refractivity contribution in [2.75, 3.05) is 0 Å². The molecule has 3 N–H and O–H groups in total. The Morgan fingerprint density at radius 1 is 1.00 bits per heavy atom. The van der Waals surface area contributed by atoms with Crippen molar-refractivity contribution in [3.8, 4) is 11.4 Å². The number of halogens is 2. The first-order valence-corrected chi connectivity index (χ1v) is 10.2. The largest absolute Gasteiger partial charge is 0.363 e. The summed E-state index contributed by atoms with van der Waals surface area (Å²) in [6, 6.07) is 16.3. The van der Waals surface area contributed by atoms with Gasteiger partial charge in [0.15, 0.2) is 0 Å². The maximum absolute atomic E-state index is 13.4. The average Bonchev–Trinajstić information content (AvgIpc) is 3.29. The van der Waals surface area contributed by atoms with Crippen molar-refractivity contribution in [2.24, 2.45) is 5.73 Å². The monoisotopic (exact) mass is 463 g/mol. The lowest BCUT2D eigenvalue weighted by Gasteiger charge is -2.16. The van der Waals surface area contributed by atoms with Gasteiger partial charge in [-0.1, -0.05) is 54.6 Å². The van der Waals surface area contributed by atoms with Crippen LogP contribution in [0.5, 0.6) is 0 Å². The molecule has 1 atom stereocenters. The van der Waals surface area contributed by atoms with Gasteiger partial charge in [0.1, 0.15) is 11.7 Å². The van der Waals surface area contributed by atoms with E-state index >= 15 is 0 Å². The first-order chi connectivity index (χ1) is 16.3. The first kappa shape index (κ1) is 22.7. The fourth-order valence-electron chi connectivity index (χ4n) is 3.53. The second-order valence-corrected chi connectivity index (χ2v) is 7.51. The molecule has 0 fully saturated rings. The third-order valence-electron chi connectivity index (χ3n) is 5.20. The van der Waals surface area contributed by atoms with Gasteiger partial charge in [-0.15, -0.1) is 0 Å². The van der Waals surface area contributed by atoms with Gasteiger partial charge in [0.05, 0.1) is 11.3 Å². The Balaban J connectivity index is 1.70. The number of alkyl halides is 2. The van der Waals surface area contributed by atoms with Crippen LogP contribution in [0.2, 0.25) is 0 Å². The van der Waals surface area contributed by atoms with Crippen LogP contribution in [0.4, 0.5) is 8.78 Å². The number of amides is 2. The minimum Gasteiger partial charge on any atom is -0.363 e. The standard InChI is InChI=1S/C24H19F2N5O3/c25-24(26)31-13-17(20(30-31)18-11-15-8-4-5-9-16(15)12-28-18)23(34)29-19(21(32)22(27)33)10-14-6-2-1-3-7-14/h1-9,11-13,19,24H,10H2,(H2,27,33)(H,29,34). The molecule has 4 rings (SSSR count). The Hall–Kier alpha value is -4.47. The van der Waals surface area contributed by atoms with Crippen LogP contribution < -0.4 is 11.1 Å². The fraction of sp³-hybridized carbons (Fsp3) is 0.125. The summed E-state index contributed by atoms with van der Waals surface area (Å²) < 4.78 is 27.2. The van der Waals surface area contributed by atoms with Crippen molar-refractivity contribution < 1.29 is 23.2 Å². The summed E-state index contributed by atoms with van der Waals surface area (Å²) in [4.78, 5) is 41.3. The molecule has 1 unspecified atom stereocenters. The molecule has 0 aliphatic carbocycles. The number of fused-ring (bicyclic) bond motifs is 1. The summed E-state index contributed by atoms with van der Waals surface area (Å²) in [6.45, 7) is -3.01. The topological polar surface area (TPSA) is 120 Å². The van der Waals surface area contributed by atoms with E-state index in [1.807, 2.05) is 18.2 Å². The van der Waals surface area contributed by atoms with Gasteiger partial charge >= 0.3 is 6.55 Å². The lowest BCUT2D eigenvalue weighted by molar-refractivity contribution is -0.137. The molecule has 8 nitrogen and oxygen atoms in total. The molecular weight excluding hydrogens is 444 g/mol. The van der Waals surface area contributed by atoms with E-state index in [-0.39, 0.29) is 23.4 Å². The minimum absolute atomic E-state index is 0.0130. The maximum atomic E-state index is 13.4. The summed E-state index contributed by atoms with van der Waals surface area (Å²) in [7, 11) is 0. The highest BCUT2D eigenvalue weighted by Crippen LogP contribution is 2.26. The predicted octanol–water partition coefficient (Wildman–Crippen LogP) is 2.89. The molecule has 0 aliphatic rings. The Bertz CT molecular complexity index is 1370. The SMILES string of the molecule is NC(=O)C(=O)C(Cc1ccccc1)NC(=O)c1cn(C(F)F)nc1-c1cc2ccccc2cn1. The quantitative estimate of drug-likeness (QED) is 0.390. The summed E-state index contributed by atoms with van der Waals surface area (Å²) in [5.74, 6) is -3.10. The highest BCUT2D eigenvalue weighted by atomic mass is 19.3. The number of Topliss-reactive ketones (excluding diaryl/α,β-unsaturated/α-hetero) is 1. The van der Waals surface area contributed by atoms with Gasteiger partial charge in [0, 0.05) is 24.2 Å². The summed E-state index contributed by atoms with van der Waals surface area (Å²) >= 11 is 0. The normalized spacial score (nSPS) is 12.0. The number of hydrogen-bond donors (Lipinski definition) is 2. The molecule has 0 saturated carbocycles. The number of benzene rings is 2. The number of carbonyl (C=O) groups is 3. The van der Waals surface area contributed by atoms with Crippen molar-refractivity contribution in [1.82, 2.24) is 20.1 Å². The van der Waals surface area contributed by atoms with Gasteiger partial charge < -0.3 is 11.1 Å². The molecule has 2 aromatic heterocycles. The number of nitrogens with two attached hydrogens (primary N) is 1. The number of nitrogens with zero attached hydrogens (tertiary/aromatic N) is 3. The Morgan fingerprint density at radius 3 is 2.35 bits per heavy atom. The fourth-order valence-corrected chi connectivity index (χ4v) is 3.53. The molecule has 0 bridgehead atoms. The van der Waals surface area contributed by atoms with Crippen LogP contribution in [0.1, 0.15) is 22.5 Å². The lowest BCUT2D eigenvalue weighted by atomic mass is 10.0. The van der Waals surface area contributed by atoms with Crippen LogP contribution in [-0.2, 0) is 16.0 Å². The second-order valence-electron chi connectivity index (χ2n) is 7.51. The van der Waals surface area contributed by atoms with E-state index in [4.69, 9.17) is 5.73 Å². The molecule has 0 spiro atoms. The van der Waals surface area contributed by atoms with E-state index in [9.17, 15) is 23.2 Å². The van der Waals surface area contributed by atoms with Crippen molar-refractivity contribution >= 4 is 28.4 Å². The zero-order chi connectivity index (χ0) is 24.2. The van der Waals surface area contributed by atoms with Crippen LogP contribution >= 0.6 is 0 Å². The third kappa shape index (κ3) is 4.80. The van der Waals surface area contributed by atoms with Gasteiger partial charge in [0.25, 0.3) is 11.8 Å². The van der Waals surface area contributed by atoms with E-state index in [0.717, 1.165) is 17.0 Å². The molecule has 10 heteroatoms. The number of rotatable bonds is 8. The van der Waals surface area contributed by atoms with Crippen LogP contribution in [-0.4, -0.2) is 38.4 Å². The molecule has 0 radical (unpaired) electrons. The summed E-state index contributed by atoms with van der Waals surface area (Å²) in [5, 5.41) is 7.89. The maximum Gasteiger partial charge on any atom is 0.333 e. The molecule has 0 aliphatic heterocycles. The molecule has 2 heterocycles. The lowest BCUT2D eigenvalue weighted by Crippen LogP contribution is -2.47. The van der Waals surface area contributed by atoms with Crippen LogP contribution in [0.3, 0.4) is 0 Å². The Morgan fingerprint density at radius 2 is 1.68 bits per heavy atom. The van der Waals surface area contributed by atoms with Crippen molar-refractivity contribution in [3.05, 3.63) is 84.2 Å².